The third kappa shape index (κ3) is 6.14. The van der Waals surface area contributed by atoms with E-state index in [1.807, 2.05) is 20.8 Å². The summed E-state index contributed by atoms with van der Waals surface area (Å²) in [4.78, 5) is 45.0. The molecule has 1 saturated heterocycles. The standard InChI is InChI=1S/C19H28BrN5O4S/c1-18(2,3)29-17(28)25-10-8-24(9-11-25)7-6-21-15(27)19(4-5-19)23-14(26)13-12-30-16(20)22-13/h12H,4-11H2,1-3H3,(H,21,27)(H,23,26). The van der Waals surface area contributed by atoms with Gasteiger partial charge in [-0.25, -0.2) is 9.78 Å². The number of ether oxygens (including phenoxy) is 1. The van der Waals surface area contributed by atoms with Gasteiger partial charge in [0.1, 0.15) is 16.8 Å². The Morgan fingerprint density at radius 1 is 1.23 bits per heavy atom. The second kappa shape index (κ2) is 9.19. The van der Waals surface area contributed by atoms with Gasteiger partial charge >= 0.3 is 6.09 Å². The summed E-state index contributed by atoms with van der Waals surface area (Å²) in [5.41, 5.74) is -1.00. The molecule has 0 spiro atoms. The van der Waals surface area contributed by atoms with E-state index in [9.17, 15) is 14.4 Å². The van der Waals surface area contributed by atoms with E-state index < -0.39 is 11.1 Å². The first-order valence-corrected chi connectivity index (χ1v) is 11.7. The third-order valence-corrected chi connectivity index (χ3v) is 6.35. The number of rotatable bonds is 6. The zero-order chi connectivity index (χ0) is 21.9. The minimum atomic E-state index is -0.817. The molecule has 1 aromatic heterocycles. The van der Waals surface area contributed by atoms with E-state index in [0.717, 1.165) is 13.1 Å². The predicted octanol–water partition coefficient (Wildman–Crippen LogP) is 1.84. The van der Waals surface area contributed by atoms with Crippen LogP contribution in [0.15, 0.2) is 9.30 Å². The van der Waals surface area contributed by atoms with E-state index >= 15 is 0 Å². The monoisotopic (exact) mass is 501 g/mol. The van der Waals surface area contributed by atoms with E-state index in [1.165, 1.54) is 11.3 Å². The van der Waals surface area contributed by atoms with Crippen molar-refractivity contribution in [3.8, 4) is 0 Å². The minimum absolute atomic E-state index is 0.155. The Kier molecular flexibility index (Phi) is 7.03. The Hall–Kier alpha value is -1.72. The number of hydrogen-bond acceptors (Lipinski definition) is 7. The SMILES string of the molecule is CC(C)(C)OC(=O)N1CCN(CCNC(=O)C2(NC(=O)c3csc(Br)n3)CC2)CC1. The number of carbonyl (C=O) groups excluding carboxylic acids is 3. The molecule has 0 aromatic carbocycles. The minimum Gasteiger partial charge on any atom is -0.444 e. The second-order valence-corrected chi connectivity index (χ2v) is 10.7. The number of thiazole rings is 1. The molecule has 2 N–H and O–H groups in total. The molecule has 1 aliphatic carbocycles. The molecule has 9 nitrogen and oxygen atoms in total. The Morgan fingerprint density at radius 2 is 1.90 bits per heavy atom. The summed E-state index contributed by atoms with van der Waals surface area (Å²) < 4.78 is 6.04. The Labute approximate surface area is 188 Å². The van der Waals surface area contributed by atoms with E-state index in [-0.39, 0.29) is 17.9 Å². The molecule has 1 aromatic rings. The highest BCUT2D eigenvalue weighted by molar-refractivity contribution is 9.11. The molecule has 2 aliphatic rings. The van der Waals surface area contributed by atoms with Crippen LogP contribution < -0.4 is 10.6 Å². The van der Waals surface area contributed by atoms with Crippen LogP contribution in [-0.2, 0) is 9.53 Å². The highest BCUT2D eigenvalue weighted by Gasteiger charge is 2.51. The van der Waals surface area contributed by atoms with Gasteiger partial charge in [-0.3, -0.25) is 14.5 Å². The average molecular weight is 502 g/mol. The normalized spacial score (nSPS) is 18.6. The molecule has 3 rings (SSSR count). The number of halogens is 1. The zero-order valence-corrected chi connectivity index (χ0v) is 19.9. The quantitative estimate of drug-likeness (QED) is 0.616. The van der Waals surface area contributed by atoms with Crippen LogP contribution in [0.5, 0.6) is 0 Å². The number of piperazine rings is 1. The lowest BCUT2D eigenvalue weighted by Crippen LogP contribution is -2.53. The van der Waals surface area contributed by atoms with E-state index in [1.54, 1.807) is 10.3 Å². The fourth-order valence-electron chi connectivity index (χ4n) is 3.15. The lowest BCUT2D eigenvalue weighted by Gasteiger charge is -2.35. The van der Waals surface area contributed by atoms with Crippen LogP contribution in [0.3, 0.4) is 0 Å². The van der Waals surface area contributed by atoms with Crippen LogP contribution in [-0.4, -0.2) is 83.1 Å². The largest absolute Gasteiger partial charge is 0.444 e. The number of aromatic nitrogens is 1. The maximum absolute atomic E-state index is 12.6. The van der Waals surface area contributed by atoms with Crippen molar-refractivity contribution in [2.45, 2.75) is 44.8 Å². The molecule has 30 heavy (non-hydrogen) atoms. The topological polar surface area (TPSA) is 104 Å². The van der Waals surface area contributed by atoms with Crippen LogP contribution in [0.1, 0.15) is 44.1 Å². The molecule has 2 fully saturated rings. The molecule has 11 heteroatoms. The molecule has 0 radical (unpaired) electrons. The third-order valence-electron chi connectivity index (χ3n) is 4.98. The molecule has 0 unspecified atom stereocenters. The summed E-state index contributed by atoms with van der Waals surface area (Å²) in [6, 6.07) is 0. The van der Waals surface area contributed by atoms with Crippen molar-refractivity contribution in [1.29, 1.82) is 0 Å². The molecular formula is C19H28BrN5O4S. The van der Waals surface area contributed by atoms with Crippen molar-refractivity contribution in [1.82, 2.24) is 25.4 Å². The first kappa shape index (κ1) is 23.0. The number of carbonyl (C=O) groups is 3. The molecule has 0 bridgehead atoms. The van der Waals surface area contributed by atoms with Gasteiger partial charge in [-0.2, -0.15) is 0 Å². The highest BCUT2D eigenvalue weighted by atomic mass is 79.9. The smallest absolute Gasteiger partial charge is 0.410 e. The maximum atomic E-state index is 12.6. The van der Waals surface area contributed by atoms with Crippen molar-refractivity contribution in [2.24, 2.45) is 0 Å². The van der Waals surface area contributed by atoms with Gasteiger partial charge in [0.15, 0.2) is 3.92 Å². The van der Waals surface area contributed by atoms with Crippen LogP contribution in [0.2, 0.25) is 0 Å². The first-order chi connectivity index (χ1) is 14.1. The first-order valence-electron chi connectivity index (χ1n) is 10.0. The van der Waals surface area contributed by atoms with Gasteiger partial charge < -0.3 is 20.3 Å². The van der Waals surface area contributed by atoms with Crippen molar-refractivity contribution < 1.29 is 19.1 Å². The summed E-state index contributed by atoms with van der Waals surface area (Å²) in [7, 11) is 0. The van der Waals surface area contributed by atoms with Gasteiger partial charge in [0.25, 0.3) is 5.91 Å². The Balaban J connectivity index is 1.37. The van der Waals surface area contributed by atoms with Gasteiger partial charge in [-0.05, 0) is 49.5 Å². The fourth-order valence-corrected chi connectivity index (χ4v) is 4.14. The van der Waals surface area contributed by atoms with Gasteiger partial charge in [0.2, 0.25) is 5.91 Å². The number of hydrogen-bond donors (Lipinski definition) is 2. The molecular weight excluding hydrogens is 474 g/mol. The summed E-state index contributed by atoms with van der Waals surface area (Å²) in [6.45, 7) is 9.42. The molecule has 1 saturated carbocycles. The second-order valence-electron chi connectivity index (χ2n) is 8.59. The van der Waals surface area contributed by atoms with Gasteiger partial charge in [-0.15, -0.1) is 11.3 Å². The zero-order valence-electron chi connectivity index (χ0n) is 17.5. The van der Waals surface area contributed by atoms with Crippen molar-refractivity contribution in [3.63, 3.8) is 0 Å². The van der Waals surface area contributed by atoms with Crippen molar-refractivity contribution in [2.75, 3.05) is 39.3 Å². The summed E-state index contributed by atoms with van der Waals surface area (Å²) in [6.07, 6.45) is 0.975. The highest BCUT2D eigenvalue weighted by Crippen LogP contribution is 2.36. The van der Waals surface area contributed by atoms with Crippen LogP contribution in [0.25, 0.3) is 0 Å². The van der Waals surface area contributed by atoms with E-state index in [4.69, 9.17) is 4.74 Å². The predicted molar refractivity (Wildman–Crippen MR) is 117 cm³/mol. The fraction of sp³-hybridized carbons (Fsp3) is 0.684. The summed E-state index contributed by atoms with van der Waals surface area (Å²) in [5, 5.41) is 7.41. The van der Waals surface area contributed by atoms with Gasteiger partial charge in [-0.1, -0.05) is 0 Å². The number of amides is 3. The van der Waals surface area contributed by atoms with Crippen molar-refractivity contribution >= 4 is 45.2 Å². The lowest BCUT2D eigenvalue weighted by atomic mass is 10.2. The van der Waals surface area contributed by atoms with Crippen LogP contribution in [0.4, 0.5) is 4.79 Å². The molecule has 166 valence electrons. The molecule has 1 aliphatic heterocycles. The van der Waals surface area contributed by atoms with Crippen molar-refractivity contribution in [3.05, 3.63) is 15.0 Å². The number of nitrogens with one attached hydrogen (secondary N) is 2. The molecule has 0 atom stereocenters. The van der Waals surface area contributed by atoms with Crippen LogP contribution >= 0.6 is 27.3 Å². The van der Waals surface area contributed by atoms with Crippen LogP contribution in [0, 0.1) is 0 Å². The van der Waals surface area contributed by atoms with Gasteiger partial charge in [0.05, 0.1) is 0 Å². The van der Waals surface area contributed by atoms with E-state index in [2.05, 4.69) is 36.4 Å². The number of nitrogens with zero attached hydrogens (tertiary/aromatic N) is 3. The Bertz CT molecular complexity index is 797. The lowest BCUT2D eigenvalue weighted by molar-refractivity contribution is -0.124. The molecule has 3 amide bonds. The molecule has 2 heterocycles. The summed E-state index contributed by atoms with van der Waals surface area (Å²) in [5.74, 6) is -0.486. The van der Waals surface area contributed by atoms with E-state index in [0.29, 0.717) is 48.6 Å². The maximum Gasteiger partial charge on any atom is 0.410 e. The average Bonchev–Trinajstić information content (AvgIpc) is 3.32. The summed E-state index contributed by atoms with van der Waals surface area (Å²) >= 11 is 4.56. The Morgan fingerprint density at radius 3 is 2.43 bits per heavy atom. The van der Waals surface area contributed by atoms with Gasteiger partial charge in [0, 0.05) is 44.6 Å².